The largest absolute Gasteiger partial charge is 0.444 e. The highest BCUT2D eigenvalue weighted by molar-refractivity contribution is 6.17. The average Bonchev–Trinajstić information content (AvgIpc) is 2.04. The molecule has 0 aliphatic carbocycles. The van der Waals surface area contributed by atoms with Gasteiger partial charge in [-0.1, -0.05) is 6.58 Å². The van der Waals surface area contributed by atoms with Crippen LogP contribution in [0.25, 0.3) is 0 Å². The van der Waals surface area contributed by atoms with Gasteiger partial charge in [-0.3, -0.25) is 4.90 Å². The van der Waals surface area contributed by atoms with Crippen LogP contribution in [0.3, 0.4) is 0 Å². The molecule has 4 heteroatoms. The van der Waals surface area contributed by atoms with E-state index in [1.54, 1.807) is 11.1 Å². The van der Waals surface area contributed by atoms with E-state index in [9.17, 15) is 4.79 Å². The number of ether oxygens (including phenoxy) is 1. The van der Waals surface area contributed by atoms with Crippen molar-refractivity contribution in [3.63, 3.8) is 0 Å². The molecule has 0 radical (unpaired) electrons. The van der Waals surface area contributed by atoms with Crippen molar-refractivity contribution in [3.8, 4) is 0 Å². The number of carbonyl (C=O) groups excluding carboxylic acids is 1. The third-order valence-corrected chi connectivity index (χ3v) is 3.57. The molecule has 0 aromatic carbocycles. The van der Waals surface area contributed by atoms with E-state index in [-0.39, 0.29) is 17.4 Å². The van der Waals surface area contributed by atoms with E-state index in [2.05, 4.69) is 6.58 Å². The average molecular weight is 171 g/mol. The van der Waals surface area contributed by atoms with Crippen molar-refractivity contribution < 1.29 is 9.53 Å². The van der Waals surface area contributed by atoms with Gasteiger partial charge in [0.25, 0.3) is 0 Å². The van der Waals surface area contributed by atoms with Gasteiger partial charge in [-0.05, 0) is 13.8 Å². The first-order chi connectivity index (χ1) is 5.00. The molecule has 1 rings (SSSR count). The molecule has 0 aromatic rings. The summed E-state index contributed by atoms with van der Waals surface area (Å²) in [5.74, 6) is 0. The van der Waals surface area contributed by atoms with E-state index in [0.717, 1.165) is 10.2 Å². The maximum absolute atomic E-state index is 11.1. The van der Waals surface area contributed by atoms with Crippen molar-refractivity contribution in [2.24, 2.45) is 0 Å². The molecule has 1 heterocycles. The first-order valence-electron chi connectivity index (χ1n) is 3.62. The van der Waals surface area contributed by atoms with Crippen molar-refractivity contribution in [2.45, 2.75) is 25.1 Å². The van der Waals surface area contributed by atoms with Crippen LogP contribution in [0.15, 0.2) is 12.8 Å². The Hall–Kier alpha value is -0.773. The molecule has 0 bridgehead atoms. The quantitative estimate of drug-likeness (QED) is 0.522. The van der Waals surface area contributed by atoms with Gasteiger partial charge in [-0.2, -0.15) is 0 Å². The van der Waals surface area contributed by atoms with Gasteiger partial charge < -0.3 is 4.74 Å². The van der Waals surface area contributed by atoms with Gasteiger partial charge >= 0.3 is 6.09 Å². The van der Waals surface area contributed by atoms with E-state index >= 15 is 0 Å². The molecule has 1 aliphatic rings. The minimum Gasteiger partial charge on any atom is -0.444 e. The number of carbonyl (C=O) groups is 1. The van der Waals surface area contributed by atoms with Crippen molar-refractivity contribution in [1.82, 2.24) is 4.90 Å². The fourth-order valence-electron chi connectivity index (χ4n) is 1.09. The minimum absolute atomic E-state index is 0.0142. The third-order valence-electron chi connectivity index (χ3n) is 2.27. The Bertz CT molecular complexity index is 203. The molecule has 2 atom stereocenters. The van der Waals surface area contributed by atoms with Crippen molar-refractivity contribution in [1.29, 1.82) is 0 Å². The van der Waals surface area contributed by atoms with Gasteiger partial charge in [-0.25, -0.2) is 4.79 Å². The van der Waals surface area contributed by atoms with Crippen LogP contribution in [0.1, 0.15) is 13.8 Å². The monoisotopic (exact) mass is 171 g/mol. The van der Waals surface area contributed by atoms with Gasteiger partial charge in [0, 0.05) is 16.4 Å². The first kappa shape index (κ1) is 8.32. The minimum atomic E-state index is -0.273. The maximum Gasteiger partial charge on any atom is 0.414 e. The molecule has 62 valence electrons. The molecule has 1 aliphatic heterocycles. The summed E-state index contributed by atoms with van der Waals surface area (Å²) in [6.07, 6.45) is 1.25. The number of cyclic esters (lactones) is 1. The fraction of sp³-hybridized carbons (Fsp3) is 0.571. The van der Waals surface area contributed by atoms with Crippen LogP contribution < -0.4 is 0 Å². The highest BCUT2D eigenvalue weighted by atomic mass is 28.1. The summed E-state index contributed by atoms with van der Waals surface area (Å²) in [6.45, 7) is 7.49. The number of hydrogen-bond donors (Lipinski definition) is 0. The van der Waals surface area contributed by atoms with Crippen molar-refractivity contribution in [2.75, 3.05) is 0 Å². The summed E-state index contributed by atoms with van der Waals surface area (Å²) >= 11 is 0. The third kappa shape index (κ3) is 1.07. The van der Waals surface area contributed by atoms with Gasteiger partial charge in [0.05, 0.1) is 5.16 Å². The van der Waals surface area contributed by atoms with Crippen LogP contribution in [0, 0.1) is 0 Å². The second-order valence-corrected chi connectivity index (χ2v) is 5.26. The number of hydrogen-bond acceptors (Lipinski definition) is 2. The summed E-state index contributed by atoms with van der Waals surface area (Å²) in [5.41, 5.74) is 0. The molecule has 1 amide bonds. The molecule has 1 saturated heterocycles. The zero-order chi connectivity index (χ0) is 8.65. The topological polar surface area (TPSA) is 29.5 Å². The first-order valence-corrected chi connectivity index (χ1v) is 4.62. The molecule has 0 N–H and O–H groups in total. The smallest absolute Gasteiger partial charge is 0.414 e. The SMILES string of the molecule is C=CN1C(=O)OC(C)C1(C)[SiH3]. The Morgan fingerprint density at radius 1 is 1.91 bits per heavy atom. The highest BCUT2D eigenvalue weighted by Crippen LogP contribution is 2.26. The van der Waals surface area contributed by atoms with Crippen LogP contribution in [0.2, 0.25) is 0 Å². The van der Waals surface area contributed by atoms with Crippen LogP contribution in [0.4, 0.5) is 4.79 Å². The Balaban J connectivity index is 2.93. The Kier molecular flexibility index (Phi) is 1.79. The van der Waals surface area contributed by atoms with E-state index < -0.39 is 0 Å². The van der Waals surface area contributed by atoms with E-state index in [1.165, 1.54) is 0 Å². The molecular weight excluding hydrogens is 158 g/mol. The zero-order valence-corrected chi connectivity index (χ0v) is 9.13. The molecule has 3 nitrogen and oxygen atoms in total. The Labute approximate surface area is 69.4 Å². The molecule has 0 saturated carbocycles. The molecule has 11 heavy (non-hydrogen) atoms. The number of nitrogens with zero attached hydrogens (tertiary/aromatic N) is 1. The molecule has 2 unspecified atom stereocenters. The summed E-state index contributed by atoms with van der Waals surface area (Å²) < 4.78 is 5.03. The van der Waals surface area contributed by atoms with Gasteiger partial charge in [-0.15, -0.1) is 0 Å². The molecule has 1 fully saturated rings. The Morgan fingerprint density at radius 2 is 2.45 bits per heavy atom. The van der Waals surface area contributed by atoms with E-state index in [1.807, 2.05) is 13.8 Å². The normalized spacial score (nSPS) is 37.5. The predicted octanol–water partition coefficient (Wildman–Crippen LogP) is 0.0522. The standard InChI is InChI=1S/C7H13NO2Si/c1-4-8-6(9)10-5(2)7(8,3)11/h4-5H,1H2,2-3,11H3. The van der Waals surface area contributed by atoms with Crippen LogP contribution in [-0.4, -0.2) is 32.5 Å². The maximum atomic E-state index is 11.1. The van der Waals surface area contributed by atoms with Crippen LogP contribution in [0.5, 0.6) is 0 Å². The van der Waals surface area contributed by atoms with Crippen molar-refractivity contribution >= 4 is 16.3 Å². The lowest BCUT2D eigenvalue weighted by molar-refractivity contribution is 0.137. The summed E-state index contributed by atoms with van der Waals surface area (Å²) in [6, 6.07) is 0. The fourth-order valence-corrected chi connectivity index (χ4v) is 1.58. The van der Waals surface area contributed by atoms with Crippen molar-refractivity contribution in [3.05, 3.63) is 12.8 Å². The van der Waals surface area contributed by atoms with E-state index in [4.69, 9.17) is 4.74 Å². The highest BCUT2D eigenvalue weighted by Gasteiger charge is 2.44. The predicted molar refractivity (Wildman–Crippen MR) is 46.3 cm³/mol. The molecule has 0 aromatic heterocycles. The van der Waals surface area contributed by atoms with Gasteiger partial charge in [0.15, 0.2) is 0 Å². The number of amides is 1. The zero-order valence-electron chi connectivity index (χ0n) is 7.13. The van der Waals surface area contributed by atoms with E-state index in [0.29, 0.717) is 0 Å². The molecular formula is C7H13NO2Si. The van der Waals surface area contributed by atoms with Crippen LogP contribution >= 0.6 is 0 Å². The summed E-state index contributed by atoms with van der Waals surface area (Å²) in [4.78, 5) is 12.7. The van der Waals surface area contributed by atoms with Gasteiger partial charge in [0.2, 0.25) is 0 Å². The van der Waals surface area contributed by atoms with Gasteiger partial charge in [0.1, 0.15) is 6.10 Å². The summed E-state index contributed by atoms with van der Waals surface area (Å²) in [7, 11) is 0.886. The lowest BCUT2D eigenvalue weighted by Gasteiger charge is -2.27. The molecule has 0 spiro atoms. The number of rotatable bonds is 1. The second kappa shape index (κ2) is 2.37. The van der Waals surface area contributed by atoms with Crippen LogP contribution in [-0.2, 0) is 4.74 Å². The second-order valence-electron chi connectivity index (χ2n) is 3.23. The lowest BCUT2D eigenvalue weighted by atomic mass is 10.2. The lowest BCUT2D eigenvalue weighted by Crippen LogP contribution is -2.45. The summed E-state index contributed by atoms with van der Waals surface area (Å²) in [5, 5.41) is -0.126. The Morgan fingerprint density at radius 3 is 2.64 bits per heavy atom.